The van der Waals surface area contributed by atoms with Crippen LogP contribution < -0.4 is 5.32 Å². The molecule has 1 aromatic carbocycles. The minimum Gasteiger partial charge on any atom is -0.441 e. The molecule has 0 saturated carbocycles. The maximum absolute atomic E-state index is 5.85. The van der Waals surface area contributed by atoms with E-state index in [0.717, 1.165) is 41.7 Å². The van der Waals surface area contributed by atoms with E-state index in [2.05, 4.69) is 10.3 Å². The monoisotopic (exact) mass is 248 g/mol. The summed E-state index contributed by atoms with van der Waals surface area (Å²) >= 11 is 5.85. The van der Waals surface area contributed by atoms with Gasteiger partial charge in [-0.15, -0.1) is 0 Å². The van der Waals surface area contributed by atoms with Crippen LogP contribution in [0.5, 0.6) is 0 Å². The molecule has 0 bridgehead atoms. The second-order valence-electron chi connectivity index (χ2n) is 4.35. The van der Waals surface area contributed by atoms with Crippen LogP contribution in [0.1, 0.15) is 5.89 Å². The van der Waals surface area contributed by atoms with Crippen molar-refractivity contribution in [3.05, 3.63) is 41.4 Å². The van der Waals surface area contributed by atoms with Gasteiger partial charge in [0.15, 0.2) is 11.7 Å². The van der Waals surface area contributed by atoms with E-state index >= 15 is 0 Å². The van der Waals surface area contributed by atoms with Gasteiger partial charge in [-0.05, 0) is 43.3 Å². The first-order valence-electron chi connectivity index (χ1n) is 5.72. The lowest BCUT2D eigenvalue weighted by Gasteiger charge is -2.25. The van der Waals surface area contributed by atoms with Crippen molar-refractivity contribution in [2.24, 2.45) is 5.92 Å². The third-order valence-electron chi connectivity index (χ3n) is 3.01. The lowest BCUT2D eigenvalue weighted by Crippen LogP contribution is -2.43. The van der Waals surface area contributed by atoms with E-state index < -0.39 is 0 Å². The molecular weight excluding hydrogens is 236 g/mol. The van der Waals surface area contributed by atoms with Crippen molar-refractivity contribution in [3.63, 3.8) is 0 Å². The molecule has 17 heavy (non-hydrogen) atoms. The molecule has 88 valence electrons. The maximum atomic E-state index is 5.85. The van der Waals surface area contributed by atoms with Gasteiger partial charge in [0, 0.05) is 17.0 Å². The molecule has 0 atom stereocenters. The number of rotatable bonds is 3. The van der Waals surface area contributed by atoms with Crippen LogP contribution in [0.15, 0.2) is 34.9 Å². The average Bonchev–Trinajstić information content (AvgIpc) is 2.73. The van der Waals surface area contributed by atoms with Crippen molar-refractivity contribution in [1.29, 1.82) is 0 Å². The quantitative estimate of drug-likeness (QED) is 0.908. The molecule has 2 heterocycles. The summed E-state index contributed by atoms with van der Waals surface area (Å²) in [4.78, 5) is 4.31. The van der Waals surface area contributed by atoms with E-state index in [1.807, 2.05) is 24.3 Å². The van der Waals surface area contributed by atoms with Gasteiger partial charge in [-0.25, -0.2) is 4.98 Å². The zero-order valence-electron chi connectivity index (χ0n) is 9.32. The summed E-state index contributed by atoms with van der Waals surface area (Å²) in [7, 11) is 0. The predicted octanol–water partition coefficient (Wildman–Crippen LogP) is 2.76. The first-order chi connectivity index (χ1) is 8.31. The van der Waals surface area contributed by atoms with Gasteiger partial charge in [0.1, 0.15) is 0 Å². The number of hydrogen-bond donors (Lipinski definition) is 1. The van der Waals surface area contributed by atoms with Crippen LogP contribution in [0.25, 0.3) is 11.3 Å². The minimum absolute atomic E-state index is 0.673. The highest BCUT2D eigenvalue weighted by Gasteiger charge is 2.19. The van der Waals surface area contributed by atoms with Gasteiger partial charge in [0.2, 0.25) is 0 Å². The van der Waals surface area contributed by atoms with Crippen LogP contribution in [-0.2, 0) is 6.42 Å². The molecule has 4 heteroatoms. The van der Waals surface area contributed by atoms with E-state index in [-0.39, 0.29) is 0 Å². The van der Waals surface area contributed by atoms with Crippen molar-refractivity contribution in [2.75, 3.05) is 13.1 Å². The van der Waals surface area contributed by atoms with Crippen molar-refractivity contribution >= 4 is 11.6 Å². The highest BCUT2D eigenvalue weighted by Crippen LogP contribution is 2.23. The van der Waals surface area contributed by atoms with Crippen LogP contribution in [0.3, 0.4) is 0 Å². The van der Waals surface area contributed by atoms with Crippen LogP contribution >= 0.6 is 11.6 Å². The van der Waals surface area contributed by atoms with Gasteiger partial charge in [0.25, 0.3) is 0 Å². The number of halogens is 1. The zero-order chi connectivity index (χ0) is 11.7. The Morgan fingerprint density at radius 2 is 2.06 bits per heavy atom. The highest BCUT2D eigenvalue weighted by molar-refractivity contribution is 6.30. The molecule has 1 aliphatic heterocycles. The molecule has 3 nitrogen and oxygen atoms in total. The van der Waals surface area contributed by atoms with Gasteiger partial charge >= 0.3 is 0 Å². The van der Waals surface area contributed by atoms with E-state index in [1.165, 1.54) is 0 Å². The van der Waals surface area contributed by atoms with Gasteiger partial charge in [-0.2, -0.15) is 0 Å². The summed E-state index contributed by atoms with van der Waals surface area (Å²) in [5.74, 6) is 2.30. The fourth-order valence-electron chi connectivity index (χ4n) is 1.89. The molecular formula is C13H13ClN2O. The number of benzene rings is 1. The molecule has 0 radical (unpaired) electrons. The third-order valence-corrected chi connectivity index (χ3v) is 3.26. The third kappa shape index (κ3) is 2.35. The van der Waals surface area contributed by atoms with Crippen molar-refractivity contribution in [1.82, 2.24) is 10.3 Å². The number of nitrogens with one attached hydrogen (secondary N) is 1. The van der Waals surface area contributed by atoms with Crippen LogP contribution in [0, 0.1) is 5.92 Å². The van der Waals surface area contributed by atoms with Crippen molar-refractivity contribution < 1.29 is 4.42 Å². The molecule has 1 N–H and O–H groups in total. The van der Waals surface area contributed by atoms with Crippen molar-refractivity contribution in [2.45, 2.75) is 6.42 Å². The smallest absolute Gasteiger partial charge is 0.195 e. The largest absolute Gasteiger partial charge is 0.441 e. The molecule has 2 aromatic rings. The normalized spacial score (nSPS) is 15.8. The SMILES string of the molecule is Clc1ccc(-c2cnc(CC3CNC3)o2)cc1. The highest BCUT2D eigenvalue weighted by atomic mass is 35.5. The number of nitrogens with zero attached hydrogens (tertiary/aromatic N) is 1. The summed E-state index contributed by atoms with van der Waals surface area (Å²) in [5, 5.41) is 3.97. The Morgan fingerprint density at radius 3 is 2.71 bits per heavy atom. The van der Waals surface area contributed by atoms with E-state index in [1.54, 1.807) is 6.20 Å². The Balaban J connectivity index is 1.76. The average molecular weight is 249 g/mol. The lowest BCUT2D eigenvalue weighted by molar-refractivity contribution is 0.319. The lowest BCUT2D eigenvalue weighted by atomic mass is 10.00. The summed E-state index contributed by atoms with van der Waals surface area (Å²) in [6.07, 6.45) is 2.70. The molecule has 1 aliphatic rings. The Kier molecular flexibility index (Phi) is 2.87. The van der Waals surface area contributed by atoms with Gasteiger partial charge in [0.05, 0.1) is 6.20 Å². The fourth-order valence-corrected chi connectivity index (χ4v) is 2.02. The Morgan fingerprint density at radius 1 is 1.29 bits per heavy atom. The van der Waals surface area contributed by atoms with Crippen LogP contribution in [0.4, 0.5) is 0 Å². The van der Waals surface area contributed by atoms with E-state index in [0.29, 0.717) is 5.92 Å². The van der Waals surface area contributed by atoms with Gasteiger partial charge < -0.3 is 9.73 Å². The minimum atomic E-state index is 0.673. The van der Waals surface area contributed by atoms with Crippen LogP contribution in [0.2, 0.25) is 5.02 Å². The summed E-state index contributed by atoms with van der Waals surface area (Å²) in [6.45, 7) is 2.14. The zero-order valence-corrected chi connectivity index (χ0v) is 10.1. The molecule has 1 fully saturated rings. The Labute approximate surface area is 105 Å². The molecule has 0 aliphatic carbocycles. The Bertz CT molecular complexity index is 502. The summed E-state index contributed by atoms with van der Waals surface area (Å²) in [6, 6.07) is 7.60. The molecule has 0 amide bonds. The topological polar surface area (TPSA) is 38.1 Å². The standard InChI is InChI=1S/C13H13ClN2O/c14-11-3-1-10(2-4-11)12-8-16-13(17-12)5-9-6-15-7-9/h1-4,8-9,15H,5-7H2. The first-order valence-corrected chi connectivity index (χ1v) is 6.10. The molecule has 0 spiro atoms. The second kappa shape index (κ2) is 4.51. The molecule has 1 saturated heterocycles. The number of oxazole rings is 1. The first kappa shape index (κ1) is 10.8. The fraction of sp³-hybridized carbons (Fsp3) is 0.308. The number of aromatic nitrogens is 1. The maximum Gasteiger partial charge on any atom is 0.195 e. The molecule has 1 aromatic heterocycles. The predicted molar refractivity (Wildman–Crippen MR) is 67.0 cm³/mol. The van der Waals surface area contributed by atoms with Gasteiger partial charge in [-0.3, -0.25) is 0 Å². The molecule has 3 rings (SSSR count). The van der Waals surface area contributed by atoms with E-state index in [9.17, 15) is 0 Å². The number of hydrogen-bond acceptors (Lipinski definition) is 3. The van der Waals surface area contributed by atoms with E-state index in [4.69, 9.17) is 16.0 Å². The Hall–Kier alpha value is -1.32. The van der Waals surface area contributed by atoms with Crippen LogP contribution in [-0.4, -0.2) is 18.1 Å². The molecule has 0 unspecified atom stereocenters. The second-order valence-corrected chi connectivity index (χ2v) is 4.79. The van der Waals surface area contributed by atoms with Gasteiger partial charge in [-0.1, -0.05) is 11.6 Å². The summed E-state index contributed by atoms with van der Waals surface area (Å²) in [5.41, 5.74) is 1.01. The summed E-state index contributed by atoms with van der Waals surface area (Å²) < 4.78 is 5.73. The van der Waals surface area contributed by atoms with Crippen molar-refractivity contribution in [3.8, 4) is 11.3 Å².